The molecule has 2 aliphatic rings. The van der Waals surface area contributed by atoms with Crippen molar-refractivity contribution in [3.8, 4) is 5.75 Å². The van der Waals surface area contributed by atoms with Gasteiger partial charge >= 0.3 is 0 Å². The van der Waals surface area contributed by atoms with Crippen LogP contribution < -0.4 is 10.5 Å². The van der Waals surface area contributed by atoms with Crippen LogP contribution in [0.1, 0.15) is 35.1 Å². The lowest BCUT2D eigenvalue weighted by atomic mass is 9.97. The van der Waals surface area contributed by atoms with Gasteiger partial charge in [0.1, 0.15) is 5.75 Å². The van der Waals surface area contributed by atoms with E-state index < -0.39 is 0 Å². The summed E-state index contributed by atoms with van der Waals surface area (Å²) in [6.45, 7) is 0.810. The summed E-state index contributed by atoms with van der Waals surface area (Å²) in [5, 5.41) is 0. The normalized spacial score (nSPS) is 24.9. The Hall–Kier alpha value is -1.80. The van der Waals surface area contributed by atoms with Crippen molar-refractivity contribution in [1.82, 2.24) is 0 Å². The molecule has 0 radical (unpaired) electrons. The van der Waals surface area contributed by atoms with Gasteiger partial charge in [-0.2, -0.15) is 0 Å². The van der Waals surface area contributed by atoms with E-state index in [0.29, 0.717) is 11.8 Å². The third-order valence-corrected chi connectivity index (χ3v) is 4.63. The van der Waals surface area contributed by atoms with E-state index in [0.717, 1.165) is 18.8 Å². The Labute approximate surface area is 119 Å². The molecule has 2 aromatic carbocycles. The molecule has 1 aliphatic heterocycles. The fraction of sp³-hybridized carbons (Fsp3) is 0.333. The van der Waals surface area contributed by atoms with Gasteiger partial charge in [-0.15, -0.1) is 0 Å². The molecule has 102 valence electrons. The minimum absolute atomic E-state index is 0.145. The lowest BCUT2D eigenvalue weighted by Crippen LogP contribution is -2.13. The molecule has 4 rings (SSSR count). The number of hydrogen-bond donors (Lipinski definition) is 1. The first-order valence-corrected chi connectivity index (χ1v) is 7.39. The zero-order valence-corrected chi connectivity index (χ0v) is 11.5. The topological polar surface area (TPSA) is 35.2 Å². The first-order chi connectivity index (χ1) is 9.83. The minimum Gasteiger partial charge on any atom is -0.493 e. The van der Waals surface area contributed by atoms with Crippen molar-refractivity contribution in [3.05, 3.63) is 65.2 Å². The SMILES string of the molecule is NC(c1ccc2c(c1)CCO2)C1CC1c1ccccc1. The summed E-state index contributed by atoms with van der Waals surface area (Å²) >= 11 is 0. The van der Waals surface area contributed by atoms with Crippen LogP contribution in [0.25, 0.3) is 0 Å². The van der Waals surface area contributed by atoms with E-state index in [2.05, 4.69) is 48.5 Å². The average molecular weight is 265 g/mol. The smallest absolute Gasteiger partial charge is 0.122 e. The first-order valence-electron chi connectivity index (χ1n) is 7.39. The van der Waals surface area contributed by atoms with Crippen LogP contribution in [0.4, 0.5) is 0 Å². The maximum atomic E-state index is 6.48. The van der Waals surface area contributed by atoms with Gasteiger partial charge in [0.15, 0.2) is 0 Å². The Morgan fingerprint density at radius 3 is 2.80 bits per heavy atom. The van der Waals surface area contributed by atoms with Crippen molar-refractivity contribution in [2.45, 2.75) is 24.8 Å². The van der Waals surface area contributed by atoms with E-state index in [1.807, 2.05) is 0 Å². The lowest BCUT2D eigenvalue weighted by Gasteiger charge is -2.13. The Balaban J connectivity index is 1.53. The second-order valence-electron chi connectivity index (χ2n) is 5.91. The van der Waals surface area contributed by atoms with E-state index in [-0.39, 0.29) is 6.04 Å². The Bertz CT molecular complexity index is 623. The maximum Gasteiger partial charge on any atom is 0.122 e. The third-order valence-electron chi connectivity index (χ3n) is 4.63. The van der Waals surface area contributed by atoms with Crippen molar-refractivity contribution in [1.29, 1.82) is 0 Å². The molecule has 3 unspecified atom stereocenters. The number of hydrogen-bond acceptors (Lipinski definition) is 2. The molecule has 0 amide bonds. The van der Waals surface area contributed by atoms with Crippen LogP contribution in [0.2, 0.25) is 0 Å². The van der Waals surface area contributed by atoms with Gasteiger partial charge in [-0.1, -0.05) is 42.5 Å². The summed E-state index contributed by atoms with van der Waals surface area (Å²) in [5.74, 6) is 2.25. The van der Waals surface area contributed by atoms with Crippen LogP contribution in [-0.4, -0.2) is 6.61 Å². The molecule has 1 aliphatic carbocycles. The molecule has 2 aromatic rings. The Morgan fingerprint density at radius 1 is 1.10 bits per heavy atom. The standard InChI is InChI=1S/C18H19NO/c19-18(14-6-7-17-13(10-14)8-9-20-17)16-11-15(16)12-4-2-1-3-5-12/h1-7,10,15-16,18H,8-9,11,19H2. The molecule has 1 fully saturated rings. The highest BCUT2D eigenvalue weighted by molar-refractivity contribution is 5.41. The van der Waals surface area contributed by atoms with Crippen LogP contribution in [0.15, 0.2) is 48.5 Å². The second-order valence-corrected chi connectivity index (χ2v) is 5.91. The number of benzene rings is 2. The monoisotopic (exact) mass is 265 g/mol. The van der Waals surface area contributed by atoms with Crippen molar-refractivity contribution >= 4 is 0 Å². The Morgan fingerprint density at radius 2 is 1.95 bits per heavy atom. The summed E-state index contributed by atoms with van der Waals surface area (Å²) in [5.41, 5.74) is 10.5. The maximum absolute atomic E-state index is 6.48. The molecule has 2 N–H and O–H groups in total. The van der Waals surface area contributed by atoms with Gasteiger partial charge in [-0.3, -0.25) is 0 Å². The summed E-state index contributed by atoms with van der Waals surface area (Å²) in [6, 6.07) is 17.3. The molecule has 1 heterocycles. The van der Waals surface area contributed by atoms with Crippen molar-refractivity contribution in [2.24, 2.45) is 11.7 Å². The molecule has 1 saturated carbocycles. The van der Waals surface area contributed by atoms with Crippen LogP contribution in [-0.2, 0) is 6.42 Å². The number of nitrogens with two attached hydrogens (primary N) is 1. The highest BCUT2D eigenvalue weighted by Gasteiger charge is 2.42. The molecule has 0 bridgehead atoms. The molecule has 3 atom stereocenters. The van der Waals surface area contributed by atoms with Gasteiger partial charge < -0.3 is 10.5 Å². The van der Waals surface area contributed by atoms with Crippen LogP contribution in [0, 0.1) is 5.92 Å². The van der Waals surface area contributed by atoms with Crippen LogP contribution >= 0.6 is 0 Å². The summed E-state index contributed by atoms with van der Waals surface area (Å²) in [4.78, 5) is 0. The van der Waals surface area contributed by atoms with Gasteiger partial charge in [-0.25, -0.2) is 0 Å². The summed E-state index contributed by atoms with van der Waals surface area (Å²) in [7, 11) is 0. The van der Waals surface area contributed by atoms with Crippen LogP contribution in [0.3, 0.4) is 0 Å². The lowest BCUT2D eigenvalue weighted by molar-refractivity contribution is 0.356. The van der Waals surface area contributed by atoms with Gasteiger partial charge in [0.05, 0.1) is 6.61 Å². The van der Waals surface area contributed by atoms with Gasteiger partial charge in [-0.05, 0) is 41.0 Å². The molecule has 0 aromatic heterocycles. The average Bonchev–Trinajstić information content (AvgIpc) is 3.17. The molecule has 20 heavy (non-hydrogen) atoms. The summed E-state index contributed by atoms with van der Waals surface area (Å²) in [6.07, 6.45) is 2.22. The van der Waals surface area contributed by atoms with Gasteiger partial charge in [0.2, 0.25) is 0 Å². The largest absolute Gasteiger partial charge is 0.493 e. The fourth-order valence-corrected chi connectivity index (χ4v) is 3.36. The molecule has 0 spiro atoms. The van der Waals surface area contributed by atoms with E-state index >= 15 is 0 Å². The molecular formula is C18H19NO. The van der Waals surface area contributed by atoms with E-state index in [1.54, 1.807) is 0 Å². The highest BCUT2D eigenvalue weighted by atomic mass is 16.5. The quantitative estimate of drug-likeness (QED) is 0.923. The number of rotatable bonds is 3. The molecular weight excluding hydrogens is 246 g/mol. The Kier molecular flexibility index (Phi) is 2.78. The van der Waals surface area contributed by atoms with Crippen LogP contribution in [0.5, 0.6) is 5.75 Å². The zero-order valence-electron chi connectivity index (χ0n) is 11.5. The first kappa shape index (κ1) is 12.0. The second kappa shape index (κ2) is 4.64. The predicted molar refractivity (Wildman–Crippen MR) is 79.9 cm³/mol. The van der Waals surface area contributed by atoms with E-state index in [9.17, 15) is 0 Å². The van der Waals surface area contributed by atoms with Crippen molar-refractivity contribution < 1.29 is 4.74 Å². The zero-order chi connectivity index (χ0) is 13.5. The van der Waals surface area contributed by atoms with E-state index in [1.165, 1.54) is 23.1 Å². The third kappa shape index (κ3) is 2.01. The predicted octanol–water partition coefficient (Wildman–Crippen LogP) is 3.43. The van der Waals surface area contributed by atoms with E-state index in [4.69, 9.17) is 10.5 Å². The fourth-order valence-electron chi connectivity index (χ4n) is 3.36. The van der Waals surface area contributed by atoms with Crippen molar-refractivity contribution in [3.63, 3.8) is 0 Å². The minimum atomic E-state index is 0.145. The highest BCUT2D eigenvalue weighted by Crippen LogP contribution is 2.53. The number of ether oxygens (including phenoxy) is 1. The molecule has 0 saturated heterocycles. The summed E-state index contributed by atoms with van der Waals surface area (Å²) < 4.78 is 5.56. The van der Waals surface area contributed by atoms with Crippen molar-refractivity contribution in [2.75, 3.05) is 6.61 Å². The van der Waals surface area contributed by atoms with Gasteiger partial charge in [0.25, 0.3) is 0 Å². The van der Waals surface area contributed by atoms with Gasteiger partial charge in [0, 0.05) is 12.5 Å². The molecule has 2 nitrogen and oxygen atoms in total. The number of fused-ring (bicyclic) bond motifs is 1. The molecule has 2 heteroatoms.